The second kappa shape index (κ2) is 40.4. The van der Waals surface area contributed by atoms with Crippen LogP contribution in [0, 0.1) is 67.6 Å². The van der Waals surface area contributed by atoms with Gasteiger partial charge in [0.1, 0.15) is 46.0 Å². The summed E-state index contributed by atoms with van der Waals surface area (Å²) in [6, 6.07) is 43.4. The van der Waals surface area contributed by atoms with E-state index in [1.54, 1.807) is 99.1 Å². The third-order valence-electron chi connectivity index (χ3n) is 15.8. The maximum atomic E-state index is 13.9. The fourth-order valence-electron chi connectivity index (χ4n) is 10.4. The number of anilines is 4. The van der Waals surface area contributed by atoms with Crippen molar-refractivity contribution in [2.75, 3.05) is 21.3 Å². The summed E-state index contributed by atoms with van der Waals surface area (Å²) < 4.78 is 148. The predicted molar refractivity (Wildman–Crippen MR) is 430 cm³/mol. The summed E-state index contributed by atoms with van der Waals surface area (Å²) in [5.74, 6) is -15.1. The molecule has 586 valence electrons. The molecule has 28 heteroatoms. The molecule has 0 aliphatic heterocycles. The van der Waals surface area contributed by atoms with Crippen LogP contribution in [-0.4, -0.2) is 63.5 Å². The fourth-order valence-corrected chi connectivity index (χ4v) is 10.8. The van der Waals surface area contributed by atoms with Crippen LogP contribution in [0.3, 0.4) is 0 Å². The van der Waals surface area contributed by atoms with Gasteiger partial charge in [-0.05, 0) is 247 Å². The van der Waals surface area contributed by atoms with Gasteiger partial charge in [0.15, 0.2) is 58.2 Å². The highest BCUT2D eigenvalue weighted by molar-refractivity contribution is 14.1. The summed E-state index contributed by atoms with van der Waals surface area (Å²) in [4.78, 5) is 84.7. The summed E-state index contributed by atoms with van der Waals surface area (Å²) in [5.41, 5.74) is 10.9. The molecule has 4 heterocycles. The van der Waals surface area contributed by atoms with Crippen LogP contribution in [0.1, 0.15) is 105 Å². The number of halogens is 12. The fraction of sp³-hybridized carbons (Fsp3) is 0.126. The molecule has 0 aliphatic rings. The van der Waals surface area contributed by atoms with Crippen molar-refractivity contribution < 1.29 is 67.5 Å². The molecule has 0 fully saturated rings. The number of rotatable bonds is 19. The van der Waals surface area contributed by atoms with Crippen molar-refractivity contribution in [3.05, 3.63) is 330 Å². The van der Waals surface area contributed by atoms with Crippen molar-refractivity contribution in [2.24, 2.45) is 0 Å². The minimum Gasteiger partial charge on any atom is -0.309 e. The number of hydrogen-bond acceptors (Lipinski definition) is 12. The van der Waals surface area contributed by atoms with E-state index in [1.165, 1.54) is 79.1 Å². The number of hydrogen-bond donors (Lipinski definition) is 4. The molecule has 4 N–H and O–H groups in total. The van der Waals surface area contributed by atoms with Crippen LogP contribution in [0.4, 0.5) is 71.6 Å². The molecular formula is C87H70F11IN12O4. The van der Waals surface area contributed by atoms with Crippen molar-refractivity contribution >= 4 is 93.8 Å². The van der Waals surface area contributed by atoms with E-state index < -0.39 is 70.3 Å². The standard InChI is InChI=1S/C22H15F6N3O.C22H18F3N3O.C22H19FIN3O.C21H18FN3O/c1-10(2)7-14-22(29-9-15(30-14)11-3-5-12(23)6-4-11)31-16(32)8-13-17(24)19(26)21(28)20(27)18(13)25;1-13(2)9-19-22(26-12-20(27-19)15-4-6-16(23)7-5-15)28-21(29)11-14-3-8-17(24)18(25)10-14;1-14(2)11-19-22(27-21(28)12-15-3-9-18(24)10-4-15)25-13-20(26-19)16-5-7-17(23)8-6-16;1-14(2)12-18-20(25-21(26)16-6-4-3-5-7-16)23-13-19(24-18)15-8-10-17(22)11-9-15/h3-7,9H,8H2,1-2H3,(H,29,31,32);3-10,12H,11H2,1-2H3,(H,26,28,29);3-11,13H,12H2,1-2H3,(H,25,27,28);3-13H,1-2H3,(H,23,25,26). The first-order valence-electron chi connectivity index (χ1n) is 34.9. The van der Waals surface area contributed by atoms with Gasteiger partial charge in [-0.15, -0.1) is 0 Å². The lowest BCUT2D eigenvalue weighted by Crippen LogP contribution is -2.20. The molecular weight excluding hydrogens is 1610 g/mol. The van der Waals surface area contributed by atoms with Gasteiger partial charge >= 0.3 is 0 Å². The minimum atomic E-state index is -2.31. The lowest BCUT2D eigenvalue weighted by Gasteiger charge is -2.11. The number of carbonyl (C=O) groups is 4. The zero-order valence-corrected chi connectivity index (χ0v) is 64.8. The zero-order valence-electron chi connectivity index (χ0n) is 62.7. The Labute approximate surface area is 667 Å². The molecule has 0 unspecified atom stereocenters. The SMILES string of the molecule is CC(C)=Cc1nc(-c2ccc(F)cc2)cnc1NC(=O)Cc1c(F)c(F)c(F)c(F)c1F.CC(C)=Cc1nc(-c2ccc(F)cc2)cnc1NC(=O)Cc1ccc(F)c(F)c1.CC(C)=Cc1nc(-c2ccc(F)cc2)cnc1NC(=O)Cc1ccc(I)cc1.CC(C)=Cc1nc(-c2ccc(F)cc2)cnc1NC(=O)c1ccccc1. The van der Waals surface area contributed by atoms with E-state index in [-0.39, 0.29) is 59.4 Å². The van der Waals surface area contributed by atoms with Gasteiger partial charge in [-0.25, -0.2) is 88.2 Å². The lowest BCUT2D eigenvalue weighted by atomic mass is 10.1. The summed E-state index contributed by atoms with van der Waals surface area (Å²) in [7, 11) is 0. The van der Waals surface area contributed by atoms with E-state index in [0.29, 0.717) is 73.7 Å². The van der Waals surface area contributed by atoms with Gasteiger partial charge in [0.05, 0.1) is 66.8 Å². The van der Waals surface area contributed by atoms with Crippen molar-refractivity contribution in [1.82, 2.24) is 39.9 Å². The largest absolute Gasteiger partial charge is 0.309 e. The summed E-state index contributed by atoms with van der Waals surface area (Å²) in [6.45, 7) is 15.0. The van der Waals surface area contributed by atoms with Gasteiger partial charge < -0.3 is 21.3 Å². The maximum absolute atomic E-state index is 13.9. The van der Waals surface area contributed by atoms with Crippen molar-refractivity contribution in [2.45, 2.75) is 74.7 Å². The number of carbonyl (C=O) groups excluding carboxylic acids is 4. The third kappa shape index (κ3) is 25.2. The van der Waals surface area contributed by atoms with E-state index in [4.69, 9.17) is 0 Å². The molecule has 12 rings (SSSR count). The van der Waals surface area contributed by atoms with Crippen LogP contribution in [0.25, 0.3) is 69.3 Å². The Hall–Kier alpha value is -13.1. The molecule has 0 spiro atoms. The minimum absolute atomic E-state index is 0.0917. The zero-order chi connectivity index (χ0) is 83.2. The van der Waals surface area contributed by atoms with E-state index in [9.17, 15) is 67.5 Å². The maximum Gasteiger partial charge on any atom is 0.256 e. The van der Waals surface area contributed by atoms with Gasteiger partial charge in [-0.2, -0.15) is 0 Å². The first-order chi connectivity index (χ1) is 54.8. The molecule has 12 aromatic rings. The number of aromatic nitrogens is 8. The molecule has 8 aromatic carbocycles. The van der Waals surface area contributed by atoms with E-state index >= 15 is 0 Å². The topological polar surface area (TPSA) is 220 Å². The van der Waals surface area contributed by atoms with Crippen molar-refractivity contribution in [3.63, 3.8) is 0 Å². The Morgan fingerprint density at radius 1 is 0.330 bits per heavy atom. The van der Waals surface area contributed by atoms with Crippen LogP contribution >= 0.6 is 22.6 Å². The second-order valence-electron chi connectivity index (χ2n) is 26.3. The first kappa shape index (κ1) is 85.9. The first-order valence-corrected chi connectivity index (χ1v) is 36.0. The Kier molecular flexibility index (Phi) is 30.1. The highest BCUT2D eigenvalue weighted by Crippen LogP contribution is 2.30. The number of benzene rings is 8. The Balaban J connectivity index is 0.000000176. The van der Waals surface area contributed by atoms with Gasteiger partial charge in [0.2, 0.25) is 23.5 Å². The van der Waals surface area contributed by atoms with Gasteiger partial charge in [-0.3, -0.25) is 19.2 Å². The molecule has 0 atom stereocenters. The smallest absolute Gasteiger partial charge is 0.256 e. The van der Waals surface area contributed by atoms with Crippen molar-refractivity contribution in [3.8, 4) is 45.0 Å². The highest BCUT2D eigenvalue weighted by atomic mass is 127. The molecule has 0 aliphatic carbocycles. The van der Waals surface area contributed by atoms with Crippen LogP contribution in [-0.2, 0) is 33.6 Å². The molecule has 4 aromatic heterocycles. The van der Waals surface area contributed by atoms with Gasteiger partial charge in [0, 0.05) is 37.0 Å². The van der Waals surface area contributed by atoms with E-state index in [0.717, 1.165) is 54.7 Å². The number of nitrogens with one attached hydrogen (secondary N) is 4. The Bertz CT molecular complexity index is 5620. The van der Waals surface area contributed by atoms with E-state index in [2.05, 4.69) is 83.7 Å². The normalized spacial score (nSPS) is 10.5. The molecule has 115 heavy (non-hydrogen) atoms. The van der Waals surface area contributed by atoms with E-state index in [1.807, 2.05) is 84.0 Å². The highest BCUT2D eigenvalue weighted by Gasteiger charge is 2.28. The van der Waals surface area contributed by atoms with Gasteiger partial charge in [-0.1, -0.05) is 58.7 Å². The average Bonchev–Trinajstić information content (AvgIpc) is 0.780. The Morgan fingerprint density at radius 2 is 0.626 bits per heavy atom. The third-order valence-corrected chi connectivity index (χ3v) is 16.5. The quantitative estimate of drug-likeness (QED) is 0.0257. The summed E-state index contributed by atoms with van der Waals surface area (Å²) >= 11 is 2.23. The van der Waals surface area contributed by atoms with Crippen molar-refractivity contribution in [1.29, 1.82) is 0 Å². The summed E-state index contributed by atoms with van der Waals surface area (Å²) in [6.07, 6.45) is 11.9. The number of nitrogens with zero attached hydrogens (tertiary/aromatic N) is 8. The molecule has 0 saturated carbocycles. The molecule has 0 saturated heterocycles. The van der Waals surface area contributed by atoms with Crippen LogP contribution in [0.2, 0.25) is 0 Å². The van der Waals surface area contributed by atoms with Crippen LogP contribution in [0.5, 0.6) is 0 Å². The lowest BCUT2D eigenvalue weighted by molar-refractivity contribution is -0.116. The predicted octanol–water partition coefficient (Wildman–Crippen LogP) is 21.2. The number of amides is 4. The summed E-state index contributed by atoms with van der Waals surface area (Å²) in [5, 5.41) is 10.6. The van der Waals surface area contributed by atoms with Crippen LogP contribution in [0.15, 0.2) is 217 Å². The van der Waals surface area contributed by atoms with Crippen LogP contribution < -0.4 is 21.3 Å². The second-order valence-corrected chi connectivity index (χ2v) is 27.5. The number of allylic oxidation sites excluding steroid dienone is 4. The monoisotopic (exact) mass is 1680 g/mol. The average molecular weight is 1680 g/mol. The molecule has 0 bridgehead atoms. The molecule has 16 nitrogen and oxygen atoms in total. The molecule has 4 amide bonds. The Morgan fingerprint density at radius 3 is 0.948 bits per heavy atom. The van der Waals surface area contributed by atoms with Gasteiger partial charge in [0.25, 0.3) is 5.91 Å². The molecule has 0 radical (unpaired) electrons.